The predicted molar refractivity (Wildman–Crippen MR) is 93.7 cm³/mol. The quantitative estimate of drug-likeness (QED) is 0.396. The lowest BCUT2D eigenvalue weighted by Gasteiger charge is -2.20. The van der Waals surface area contributed by atoms with Crippen LogP contribution in [0.1, 0.15) is 31.2 Å². The molecule has 4 N–H and O–H groups in total. The molecule has 0 radical (unpaired) electrons. The number of carbonyl (C=O) groups excluding carboxylic acids is 1. The third-order valence-corrected chi connectivity index (χ3v) is 4.03. The summed E-state index contributed by atoms with van der Waals surface area (Å²) in [6.07, 6.45) is -3.97. The van der Waals surface area contributed by atoms with Crippen LogP contribution >= 0.6 is 0 Å². The van der Waals surface area contributed by atoms with Gasteiger partial charge in [0.25, 0.3) is 0 Å². The molecule has 0 aliphatic rings. The summed E-state index contributed by atoms with van der Waals surface area (Å²) in [5.41, 5.74) is 0.919. The smallest absolute Gasteiger partial charge is 0.471 e. The maximum absolute atomic E-state index is 12.1. The lowest BCUT2D eigenvalue weighted by Crippen LogP contribution is -2.47. The van der Waals surface area contributed by atoms with Crippen LogP contribution in [0, 0.1) is 0 Å². The highest BCUT2D eigenvalue weighted by Gasteiger charge is 2.38. The summed E-state index contributed by atoms with van der Waals surface area (Å²) in [6.45, 7) is -0.249. The van der Waals surface area contributed by atoms with Crippen LogP contribution in [0.4, 0.5) is 13.2 Å². The molecule has 1 rings (SSSR count). The Kier molecular flexibility index (Phi) is 9.43. The average Bonchev–Trinajstić information content (AvgIpc) is 2.62. The number of rotatable bonds is 12. The SMILES string of the molecule is O=C(O)[C@H](CCCCNC(=O)C(F)(F)F)N[C@@H](CCc1ccccc1)C(=O)O. The molecule has 0 bridgehead atoms. The number of amides is 1. The summed E-state index contributed by atoms with van der Waals surface area (Å²) in [7, 11) is 0. The first-order valence-corrected chi connectivity index (χ1v) is 8.72. The molecule has 0 saturated heterocycles. The lowest BCUT2D eigenvalue weighted by atomic mass is 10.0. The third-order valence-electron chi connectivity index (χ3n) is 4.03. The van der Waals surface area contributed by atoms with Gasteiger partial charge in [0, 0.05) is 6.54 Å². The highest BCUT2D eigenvalue weighted by Crippen LogP contribution is 2.14. The third kappa shape index (κ3) is 8.85. The second-order valence-electron chi connectivity index (χ2n) is 6.22. The van der Waals surface area contributed by atoms with E-state index in [4.69, 9.17) is 0 Å². The zero-order valence-corrected chi connectivity index (χ0v) is 15.0. The summed E-state index contributed by atoms with van der Waals surface area (Å²) in [4.78, 5) is 33.4. The van der Waals surface area contributed by atoms with Gasteiger partial charge >= 0.3 is 24.0 Å². The Labute approximate surface area is 159 Å². The summed E-state index contributed by atoms with van der Waals surface area (Å²) in [6, 6.07) is 6.90. The van der Waals surface area contributed by atoms with Crippen molar-refractivity contribution in [3.63, 3.8) is 0 Å². The largest absolute Gasteiger partial charge is 0.480 e. The molecule has 0 heterocycles. The van der Waals surface area contributed by atoms with Crippen LogP contribution in [0.3, 0.4) is 0 Å². The summed E-state index contributed by atoms with van der Waals surface area (Å²) in [5, 5.41) is 22.9. The van der Waals surface area contributed by atoms with Crippen molar-refractivity contribution in [3.8, 4) is 0 Å². The van der Waals surface area contributed by atoms with Gasteiger partial charge in [0.2, 0.25) is 0 Å². The molecule has 156 valence electrons. The van der Waals surface area contributed by atoms with Gasteiger partial charge in [0.1, 0.15) is 12.1 Å². The van der Waals surface area contributed by atoms with E-state index in [0.29, 0.717) is 6.42 Å². The van der Waals surface area contributed by atoms with Crippen molar-refractivity contribution in [2.45, 2.75) is 50.4 Å². The highest BCUT2D eigenvalue weighted by atomic mass is 19.4. The van der Waals surface area contributed by atoms with Crippen molar-refractivity contribution in [2.75, 3.05) is 6.54 Å². The van der Waals surface area contributed by atoms with Crippen LogP contribution in [0.25, 0.3) is 0 Å². The molecule has 0 saturated carbocycles. The summed E-state index contributed by atoms with van der Waals surface area (Å²) >= 11 is 0. The molecule has 2 atom stereocenters. The molecule has 0 unspecified atom stereocenters. The Morgan fingerprint density at radius 3 is 2.04 bits per heavy atom. The number of aliphatic carboxylic acids is 2. The lowest BCUT2D eigenvalue weighted by molar-refractivity contribution is -0.173. The molecule has 0 aromatic heterocycles. The predicted octanol–water partition coefficient (Wildman–Crippen LogP) is 1.96. The Balaban J connectivity index is 2.46. The van der Waals surface area contributed by atoms with Crippen molar-refractivity contribution in [1.82, 2.24) is 10.6 Å². The number of nitrogens with one attached hydrogen (secondary N) is 2. The van der Waals surface area contributed by atoms with Crippen molar-refractivity contribution in [2.24, 2.45) is 0 Å². The molecule has 7 nitrogen and oxygen atoms in total. The fraction of sp³-hybridized carbons (Fsp3) is 0.500. The molecular weight excluding hydrogens is 381 g/mol. The van der Waals surface area contributed by atoms with Crippen molar-refractivity contribution < 1.29 is 37.8 Å². The van der Waals surface area contributed by atoms with Crippen molar-refractivity contribution in [3.05, 3.63) is 35.9 Å². The molecule has 0 aliphatic heterocycles. The first kappa shape index (κ1) is 23.4. The van der Waals surface area contributed by atoms with Gasteiger partial charge in [-0.1, -0.05) is 30.3 Å². The van der Waals surface area contributed by atoms with Gasteiger partial charge in [-0.25, -0.2) is 0 Å². The van der Waals surface area contributed by atoms with E-state index in [1.165, 1.54) is 0 Å². The van der Waals surface area contributed by atoms with Gasteiger partial charge in [-0.05, 0) is 37.7 Å². The minimum absolute atomic E-state index is 0.0202. The van der Waals surface area contributed by atoms with Gasteiger partial charge in [-0.15, -0.1) is 0 Å². The number of alkyl halides is 3. The molecule has 0 spiro atoms. The van der Waals surface area contributed by atoms with Gasteiger partial charge in [-0.2, -0.15) is 13.2 Å². The zero-order valence-electron chi connectivity index (χ0n) is 15.0. The van der Waals surface area contributed by atoms with E-state index < -0.39 is 36.1 Å². The molecule has 1 aromatic carbocycles. The Bertz CT molecular complexity index is 652. The average molecular weight is 404 g/mol. The molecule has 28 heavy (non-hydrogen) atoms. The van der Waals surface area contributed by atoms with E-state index in [2.05, 4.69) is 5.32 Å². The minimum atomic E-state index is -4.96. The number of carboxylic acid groups (broad SMARTS) is 2. The maximum Gasteiger partial charge on any atom is 0.471 e. The zero-order chi connectivity index (χ0) is 21.2. The van der Waals surface area contributed by atoms with Crippen LogP contribution in [0.15, 0.2) is 30.3 Å². The standard InChI is InChI=1S/C18H23F3N2O5/c19-18(20,21)17(28)22-11-5-4-8-13(15(24)25)23-14(16(26)27)10-9-12-6-2-1-3-7-12/h1-3,6-7,13-14,23H,4-5,8-11H2,(H,22,28)(H,24,25)(H,26,27)/t13-,14-/m0/s1. The fourth-order valence-corrected chi connectivity index (χ4v) is 2.53. The number of hydrogen-bond acceptors (Lipinski definition) is 4. The second-order valence-corrected chi connectivity index (χ2v) is 6.22. The summed E-state index contributed by atoms with van der Waals surface area (Å²) in [5.74, 6) is -4.47. The van der Waals surface area contributed by atoms with Gasteiger partial charge < -0.3 is 15.5 Å². The van der Waals surface area contributed by atoms with E-state index in [9.17, 15) is 37.8 Å². The van der Waals surface area contributed by atoms with Crippen molar-refractivity contribution in [1.29, 1.82) is 0 Å². The molecule has 0 fully saturated rings. The normalized spacial score (nSPS) is 13.5. The number of carboxylic acids is 2. The van der Waals surface area contributed by atoms with E-state index in [0.717, 1.165) is 5.56 Å². The van der Waals surface area contributed by atoms with E-state index in [-0.39, 0.29) is 32.2 Å². The monoisotopic (exact) mass is 404 g/mol. The number of carbonyl (C=O) groups is 3. The molecule has 1 amide bonds. The van der Waals surface area contributed by atoms with Gasteiger partial charge in [0.05, 0.1) is 0 Å². The van der Waals surface area contributed by atoms with E-state index in [1.807, 2.05) is 30.3 Å². The van der Waals surface area contributed by atoms with Crippen LogP contribution in [0.5, 0.6) is 0 Å². The van der Waals surface area contributed by atoms with Crippen LogP contribution in [0.2, 0.25) is 0 Å². The van der Waals surface area contributed by atoms with Crippen LogP contribution < -0.4 is 10.6 Å². The Morgan fingerprint density at radius 1 is 0.929 bits per heavy atom. The number of aryl methyl sites for hydroxylation is 1. The molecule has 0 aliphatic carbocycles. The second kappa shape index (κ2) is 11.3. The van der Waals surface area contributed by atoms with Gasteiger partial charge in [-0.3, -0.25) is 19.7 Å². The first-order chi connectivity index (χ1) is 13.1. The molecular formula is C18H23F3N2O5. The fourth-order valence-electron chi connectivity index (χ4n) is 2.53. The molecule has 10 heteroatoms. The number of hydrogen-bond donors (Lipinski definition) is 4. The number of benzene rings is 1. The summed E-state index contributed by atoms with van der Waals surface area (Å²) < 4.78 is 36.2. The topological polar surface area (TPSA) is 116 Å². The highest BCUT2D eigenvalue weighted by molar-refractivity contribution is 5.81. The first-order valence-electron chi connectivity index (χ1n) is 8.72. The molecule has 1 aromatic rings. The Hall–Kier alpha value is -2.62. The Morgan fingerprint density at radius 2 is 1.50 bits per heavy atom. The van der Waals surface area contributed by atoms with Crippen LogP contribution in [-0.4, -0.2) is 52.9 Å². The van der Waals surface area contributed by atoms with E-state index >= 15 is 0 Å². The van der Waals surface area contributed by atoms with Crippen LogP contribution in [-0.2, 0) is 20.8 Å². The maximum atomic E-state index is 12.1. The number of halogens is 3. The van der Waals surface area contributed by atoms with Gasteiger partial charge in [0.15, 0.2) is 0 Å². The van der Waals surface area contributed by atoms with E-state index in [1.54, 1.807) is 5.32 Å². The van der Waals surface area contributed by atoms with Crippen molar-refractivity contribution >= 4 is 17.8 Å². The number of unbranched alkanes of at least 4 members (excludes halogenated alkanes) is 1. The minimum Gasteiger partial charge on any atom is -0.480 e.